The monoisotopic (exact) mass is 403 g/mol. The zero-order valence-electron chi connectivity index (χ0n) is 13.7. The van der Waals surface area contributed by atoms with Gasteiger partial charge in [0.05, 0.1) is 11.3 Å². The van der Waals surface area contributed by atoms with Crippen molar-refractivity contribution in [1.82, 2.24) is 0 Å². The van der Waals surface area contributed by atoms with Crippen molar-refractivity contribution in [2.45, 2.75) is 25.0 Å². The van der Waals surface area contributed by atoms with Gasteiger partial charge in [-0.3, -0.25) is 9.59 Å². The van der Waals surface area contributed by atoms with Crippen molar-refractivity contribution in [2.24, 2.45) is 0 Å². The molecule has 1 amide bonds. The van der Waals surface area contributed by atoms with Crippen molar-refractivity contribution in [1.29, 1.82) is 0 Å². The first-order valence-electron chi connectivity index (χ1n) is 7.53. The lowest BCUT2D eigenvalue weighted by Gasteiger charge is -2.14. The average Bonchev–Trinajstić information content (AvgIpc) is 3.07. The first kappa shape index (κ1) is 20.3. The number of hydrogen-bond acceptors (Lipinski definition) is 5. The van der Waals surface area contributed by atoms with Crippen LogP contribution in [0.2, 0.25) is 0 Å². The number of ether oxygens (including phenoxy) is 1. The third-order valence-electron chi connectivity index (χ3n) is 3.20. The van der Waals surface area contributed by atoms with Crippen LogP contribution < -0.4 is 5.32 Å². The van der Waals surface area contributed by atoms with Crippen molar-refractivity contribution in [2.75, 3.05) is 11.1 Å². The summed E-state index contributed by atoms with van der Waals surface area (Å²) in [5.74, 6) is -0.350. The molecule has 0 unspecified atom stereocenters. The molecule has 4 nitrogen and oxygen atoms in total. The normalized spacial score (nSPS) is 12.5. The molecule has 140 valence electrons. The van der Waals surface area contributed by atoms with Gasteiger partial charge in [-0.05, 0) is 42.6 Å². The fourth-order valence-corrected chi connectivity index (χ4v) is 3.55. The molecule has 1 N–H and O–H groups in total. The molecule has 1 aromatic heterocycles. The molecule has 0 aliphatic rings. The lowest BCUT2D eigenvalue weighted by Crippen LogP contribution is -2.30. The summed E-state index contributed by atoms with van der Waals surface area (Å²) in [7, 11) is 0. The van der Waals surface area contributed by atoms with Gasteiger partial charge in [-0.25, -0.2) is 0 Å². The van der Waals surface area contributed by atoms with Crippen LogP contribution in [0.15, 0.2) is 41.8 Å². The van der Waals surface area contributed by atoms with Crippen molar-refractivity contribution in [3.63, 3.8) is 0 Å². The van der Waals surface area contributed by atoms with Gasteiger partial charge < -0.3 is 10.1 Å². The minimum absolute atomic E-state index is 0.107. The van der Waals surface area contributed by atoms with Crippen LogP contribution in [0, 0.1) is 0 Å². The van der Waals surface area contributed by atoms with Gasteiger partial charge >= 0.3 is 12.1 Å². The Morgan fingerprint density at radius 1 is 1.23 bits per heavy atom. The summed E-state index contributed by atoms with van der Waals surface area (Å²) in [6, 6.07) is 7.91. The second kappa shape index (κ2) is 9.09. The highest BCUT2D eigenvalue weighted by molar-refractivity contribution is 7.99. The van der Waals surface area contributed by atoms with Crippen LogP contribution in [-0.2, 0) is 26.3 Å². The molecule has 26 heavy (non-hydrogen) atoms. The number of anilines is 1. The second-order valence-electron chi connectivity index (χ2n) is 5.27. The number of halogens is 3. The standard InChI is InChI=1S/C17H16F3NO3S2/c1-11(24-15(22)10-25-9-14-3-2-8-26-14)16(23)21-13-6-4-12(5-7-13)17(18,19)20/h2-8,11H,9-10H2,1H3,(H,21,23)/t11-/m1/s1. The maximum atomic E-state index is 12.5. The predicted octanol–water partition coefficient (Wildman–Crippen LogP) is 4.57. The van der Waals surface area contributed by atoms with Crippen LogP contribution in [0.4, 0.5) is 18.9 Å². The Bertz CT molecular complexity index is 731. The largest absolute Gasteiger partial charge is 0.452 e. The van der Waals surface area contributed by atoms with Gasteiger partial charge in [0.25, 0.3) is 5.91 Å². The van der Waals surface area contributed by atoms with E-state index in [9.17, 15) is 22.8 Å². The maximum absolute atomic E-state index is 12.5. The molecule has 0 aliphatic carbocycles. The summed E-state index contributed by atoms with van der Waals surface area (Å²) in [5.41, 5.74) is -0.615. The Morgan fingerprint density at radius 3 is 2.50 bits per heavy atom. The predicted molar refractivity (Wildman–Crippen MR) is 96.1 cm³/mol. The summed E-state index contributed by atoms with van der Waals surface area (Å²) in [5, 5.41) is 4.36. The van der Waals surface area contributed by atoms with E-state index in [2.05, 4.69) is 5.32 Å². The summed E-state index contributed by atoms with van der Waals surface area (Å²) in [6.07, 6.45) is -5.49. The SMILES string of the molecule is C[C@@H](OC(=O)CSCc1cccs1)C(=O)Nc1ccc(C(F)(F)F)cc1. The highest BCUT2D eigenvalue weighted by Crippen LogP contribution is 2.29. The first-order chi connectivity index (χ1) is 12.3. The van der Waals surface area contributed by atoms with Crippen LogP contribution in [0.25, 0.3) is 0 Å². The molecule has 9 heteroatoms. The molecule has 0 bridgehead atoms. The highest BCUT2D eigenvalue weighted by atomic mass is 32.2. The van der Waals surface area contributed by atoms with Crippen LogP contribution in [0.5, 0.6) is 0 Å². The van der Waals surface area contributed by atoms with E-state index in [4.69, 9.17) is 4.74 Å². The van der Waals surface area contributed by atoms with Crippen LogP contribution >= 0.6 is 23.1 Å². The first-order valence-corrected chi connectivity index (χ1v) is 9.57. The molecular weight excluding hydrogens is 387 g/mol. The summed E-state index contributed by atoms with van der Waals surface area (Å²) in [6.45, 7) is 1.40. The molecule has 0 saturated carbocycles. The second-order valence-corrected chi connectivity index (χ2v) is 7.29. The Morgan fingerprint density at radius 2 is 1.92 bits per heavy atom. The molecular formula is C17H16F3NO3S2. The maximum Gasteiger partial charge on any atom is 0.416 e. The minimum atomic E-state index is -4.44. The number of benzene rings is 1. The number of carbonyl (C=O) groups is 2. The van der Waals surface area contributed by atoms with E-state index in [0.29, 0.717) is 5.75 Å². The van der Waals surface area contributed by atoms with E-state index in [1.54, 1.807) is 11.3 Å². The number of esters is 1. The van der Waals surface area contributed by atoms with Gasteiger partial charge in [-0.2, -0.15) is 13.2 Å². The summed E-state index contributed by atoms with van der Waals surface area (Å²) >= 11 is 2.97. The molecule has 2 rings (SSSR count). The Hall–Kier alpha value is -2.00. The van der Waals surface area contributed by atoms with Crippen molar-refractivity contribution in [3.8, 4) is 0 Å². The van der Waals surface area contributed by atoms with Crippen LogP contribution in [0.1, 0.15) is 17.4 Å². The zero-order valence-corrected chi connectivity index (χ0v) is 15.3. The number of carbonyl (C=O) groups excluding carboxylic acids is 2. The van der Waals surface area contributed by atoms with Gasteiger partial charge in [0.2, 0.25) is 0 Å². The van der Waals surface area contributed by atoms with Crippen molar-refractivity contribution in [3.05, 3.63) is 52.2 Å². The number of thiophene rings is 1. The average molecular weight is 403 g/mol. The van der Waals surface area contributed by atoms with E-state index < -0.39 is 29.7 Å². The van der Waals surface area contributed by atoms with Gasteiger partial charge in [0, 0.05) is 16.3 Å². The van der Waals surface area contributed by atoms with E-state index >= 15 is 0 Å². The van der Waals surface area contributed by atoms with Gasteiger partial charge in [-0.1, -0.05) is 6.07 Å². The van der Waals surface area contributed by atoms with Gasteiger partial charge in [-0.15, -0.1) is 23.1 Å². The number of hydrogen-bond donors (Lipinski definition) is 1. The minimum Gasteiger partial charge on any atom is -0.452 e. The molecule has 0 saturated heterocycles. The molecule has 1 aromatic carbocycles. The lowest BCUT2D eigenvalue weighted by molar-refractivity contribution is -0.150. The number of thioether (sulfide) groups is 1. The Balaban J connectivity index is 1.76. The lowest BCUT2D eigenvalue weighted by atomic mass is 10.2. The van der Waals surface area contributed by atoms with Gasteiger partial charge in [0.1, 0.15) is 0 Å². The van der Waals surface area contributed by atoms with Crippen molar-refractivity contribution < 1.29 is 27.5 Å². The zero-order chi connectivity index (χ0) is 19.2. The highest BCUT2D eigenvalue weighted by Gasteiger charge is 2.30. The topological polar surface area (TPSA) is 55.4 Å². The van der Waals surface area contributed by atoms with Gasteiger partial charge in [0.15, 0.2) is 6.10 Å². The molecule has 0 aliphatic heterocycles. The smallest absolute Gasteiger partial charge is 0.416 e. The number of nitrogens with one attached hydrogen (secondary N) is 1. The molecule has 0 fully saturated rings. The quantitative estimate of drug-likeness (QED) is 0.688. The summed E-state index contributed by atoms with van der Waals surface area (Å²) in [4.78, 5) is 24.9. The van der Waals surface area contributed by atoms with E-state index in [0.717, 1.165) is 29.1 Å². The molecule has 1 atom stereocenters. The van der Waals surface area contributed by atoms with Crippen LogP contribution in [0.3, 0.4) is 0 Å². The van der Waals surface area contributed by atoms with E-state index in [-0.39, 0.29) is 11.4 Å². The Labute approximate surface area is 156 Å². The molecule has 0 spiro atoms. The third kappa shape index (κ3) is 6.38. The number of amides is 1. The fraction of sp³-hybridized carbons (Fsp3) is 0.294. The van der Waals surface area contributed by atoms with E-state index in [1.165, 1.54) is 18.7 Å². The third-order valence-corrected chi connectivity index (χ3v) is 5.22. The fourth-order valence-electron chi connectivity index (χ4n) is 1.90. The number of alkyl halides is 3. The van der Waals surface area contributed by atoms with E-state index in [1.807, 2.05) is 17.5 Å². The van der Waals surface area contributed by atoms with Crippen LogP contribution in [-0.4, -0.2) is 23.7 Å². The molecule has 0 radical (unpaired) electrons. The molecule has 1 heterocycles. The number of rotatable bonds is 7. The summed E-state index contributed by atoms with van der Waals surface area (Å²) < 4.78 is 42.5. The van der Waals surface area contributed by atoms with Crippen molar-refractivity contribution >= 4 is 40.7 Å². The Kier molecular flexibility index (Phi) is 7.10. The molecule has 2 aromatic rings.